The third kappa shape index (κ3) is 3.11. The van der Waals surface area contributed by atoms with Gasteiger partial charge < -0.3 is 19.9 Å². The zero-order chi connectivity index (χ0) is 14.7. The van der Waals surface area contributed by atoms with Gasteiger partial charge in [-0.15, -0.1) is 0 Å². The molecule has 0 aromatic heterocycles. The van der Waals surface area contributed by atoms with Gasteiger partial charge in [-0.05, 0) is 31.1 Å². The molecule has 2 rings (SSSR count). The molecule has 1 aromatic rings. The molecule has 4 heteroatoms. The van der Waals surface area contributed by atoms with Gasteiger partial charge in [0.05, 0.1) is 26.0 Å². The van der Waals surface area contributed by atoms with Crippen molar-refractivity contribution < 1.29 is 14.2 Å². The molecule has 0 heterocycles. The summed E-state index contributed by atoms with van der Waals surface area (Å²) in [5.74, 6) is 3.43. The van der Waals surface area contributed by atoms with Crippen molar-refractivity contribution in [2.24, 2.45) is 11.8 Å². The highest BCUT2D eigenvalue weighted by Crippen LogP contribution is 2.39. The first-order chi connectivity index (χ1) is 9.55. The van der Waals surface area contributed by atoms with Gasteiger partial charge in [0.25, 0.3) is 0 Å². The minimum atomic E-state index is 0.238. The van der Waals surface area contributed by atoms with E-state index in [1.165, 1.54) is 6.42 Å². The van der Waals surface area contributed by atoms with Crippen LogP contribution in [0.15, 0.2) is 12.1 Å². The lowest BCUT2D eigenvalue weighted by molar-refractivity contribution is 0.101. The van der Waals surface area contributed by atoms with Gasteiger partial charge in [0, 0.05) is 12.1 Å². The zero-order valence-corrected chi connectivity index (χ0v) is 12.8. The first-order valence-corrected chi connectivity index (χ1v) is 7.23. The Balaban J connectivity index is 2.13. The fourth-order valence-electron chi connectivity index (χ4n) is 2.76. The molecule has 0 amide bonds. The fourth-order valence-corrected chi connectivity index (χ4v) is 2.76. The number of hydrogen-bond acceptors (Lipinski definition) is 4. The Morgan fingerprint density at radius 1 is 0.950 bits per heavy atom. The van der Waals surface area contributed by atoms with Crippen LogP contribution < -0.4 is 19.9 Å². The molecule has 0 bridgehead atoms. The Bertz CT molecular complexity index is 461. The highest BCUT2D eigenvalue weighted by molar-refractivity contribution is 5.62. The number of anilines is 1. The number of nitrogen functional groups attached to an aromatic ring is 1. The molecule has 4 nitrogen and oxygen atoms in total. The average molecular weight is 279 g/mol. The van der Waals surface area contributed by atoms with Crippen LogP contribution in [0.2, 0.25) is 0 Å². The second-order valence-electron chi connectivity index (χ2n) is 5.75. The highest BCUT2D eigenvalue weighted by atomic mass is 16.5. The van der Waals surface area contributed by atoms with E-state index < -0.39 is 0 Å². The molecule has 1 aromatic carbocycles. The summed E-state index contributed by atoms with van der Waals surface area (Å²) in [6.45, 7) is 4.60. The van der Waals surface area contributed by atoms with E-state index in [4.69, 9.17) is 19.9 Å². The molecule has 1 aliphatic rings. The van der Waals surface area contributed by atoms with Crippen LogP contribution >= 0.6 is 0 Å². The van der Waals surface area contributed by atoms with E-state index in [1.807, 2.05) is 6.07 Å². The molecule has 3 unspecified atom stereocenters. The van der Waals surface area contributed by atoms with Crippen molar-refractivity contribution in [1.82, 2.24) is 0 Å². The van der Waals surface area contributed by atoms with E-state index in [1.54, 1.807) is 20.3 Å². The lowest BCUT2D eigenvalue weighted by atomic mass is 9.80. The van der Waals surface area contributed by atoms with Crippen LogP contribution in [0, 0.1) is 11.8 Å². The van der Waals surface area contributed by atoms with Gasteiger partial charge in [-0.2, -0.15) is 0 Å². The molecular formula is C16H25NO3. The lowest BCUT2D eigenvalue weighted by Crippen LogP contribution is -2.29. The number of rotatable bonds is 4. The Morgan fingerprint density at radius 2 is 1.60 bits per heavy atom. The number of ether oxygens (including phenoxy) is 3. The molecule has 1 saturated carbocycles. The summed E-state index contributed by atoms with van der Waals surface area (Å²) in [6.07, 6.45) is 3.61. The minimum Gasteiger partial charge on any atom is -0.493 e. The lowest BCUT2D eigenvalue weighted by Gasteiger charge is -2.32. The third-order valence-corrected chi connectivity index (χ3v) is 4.36. The normalized spacial score (nSPS) is 26.1. The molecule has 20 heavy (non-hydrogen) atoms. The van der Waals surface area contributed by atoms with Crippen LogP contribution in [0.1, 0.15) is 33.1 Å². The number of methoxy groups -OCH3 is 2. The van der Waals surface area contributed by atoms with Crippen molar-refractivity contribution in [2.45, 2.75) is 39.2 Å². The first kappa shape index (κ1) is 14.8. The maximum atomic E-state index is 6.09. The molecule has 0 spiro atoms. The Morgan fingerprint density at radius 3 is 2.20 bits per heavy atom. The van der Waals surface area contributed by atoms with Crippen molar-refractivity contribution in [3.8, 4) is 17.2 Å². The van der Waals surface area contributed by atoms with Crippen LogP contribution in [0.3, 0.4) is 0 Å². The average Bonchev–Trinajstić information content (AvgIpc) is 2.44. The van der Waals surface area contributed by atoms with Gasteiger partial charge in [-0.3, -0.25) is 0 Å². The molecule has 3 atom stereocenters. The van der Waals surface area contributed by atoms with Gasteiger partial charge in [0.15, 0.2) is 11.5 Å². The smallest absolute Gasteiger partial charge is 0.164 e. The second-order valence-corrected chi connectivity index (χ2v) is 5.75. The quantitative estimate of drug-likeness (QED) is 0.857. The summed E-state index contributed by atoms with van der Waals surface area (Å²) in [6, 6.07) is 3.57. The van der Waals surface area contributed by atoms with Gasteiger partial charge in [0.2, 0.25) is 0 Å². The maximum Gasteiger partial charge on any atom is 0.164 e. The summed E-state index contributed by atoms with van der Waals surface area (Å²) >= 11 is 0. The predicted molar refractivity (Wildman–Crippen MR) is 80.6 cm³/mol. The van der Waals surface area contributed by atoms with E-state index in [0.29, 0.717) is 28.9 Å². The van der Waals surface area contributed by atoms with Crippen molar-refractivity contribution >= 4 is 5.69 Å². The number of hydrogen-bond donors (Lipinski definition) is 1. The van der Waals surface area contributed by atoms with Gasteiger partial charge in [0.1, 0.15) is 5.75 Å². The summed E-state index contributed by atoms with van der Waals surface area (Å²) in [4.78, 5) is 0. The fraction of sp³-hybridized carbons (Fsp3) is 0.625. The molecule has 112 valence electrons. The predicted octanol–water partition coefficient (Wildman–Crippen LogP) is 3.49. The topological polar surface area (TPSA) is 53.7 Å². The van der Waals surface area contributed by atoms with E-state index >= 15 is 0 Å². The van der Waals surface area contributed by atoms with E-state index in [0.717, 1.165) is 18.8 Å². The molecule has 1 fully saturated rings. The highest BCUT2D eigenvalue weighted by Gasteiger charge is 2.26. The van der Waals surface area contributed by atoms with Crippen molar-refractivity contribution in [1.29, 1.82) is 0 Å². The molecule has 0 saturated heterocycles. The molecule has 0 radical (unpaired) electrons. The van der Waals surface area contributed by atoms with Crippen LogP contribution in [-0.4, -0.2) is 20.3 Å². The maximum absolute atomic E-state index is 6.09. The molecule has 2 N–H and O–H groups in total. The van der Waals surface area contributed by atoms with Crippen LogP contribution in [0.5, 0.6) is 17.2 Å². The first-order valence-electron chi connectivity index (χ1n) is 7.23. The Kier molecular flexibility index (Phi) is 4.63. The van der Waals surface area contributed by atoms with E-state index in [9.17, 15) is 0 Å². The monoisotopic (exact) mass is 279 g/mol. The minimum absolute atomic E-state index is 0.238. The van der Waals surface area contributed by atoms with Gasteiger partial charge in [-0.1, -0.05) is 13.8 Å². The van der Waals surface area contributed by atoms with Gasteiger partial charge in [-0.25, -0.2) is 0 Å². The number of nitrogens with two attached hydrogens (primary N) is 1. The standard InChI is InChI=1S/C16H25NO3/c1-10-5-6-12(7-11(10)2)20-14-9-16(19-4)15(18-3)8-13(14)17/h8-12H,5-7,17H2,1-4H3. The molecular weight excluding hydrogens is 254 g/mol. The Hall–Kier alpha value is -1.58. The molecule has 0 aliphatic heterocycles. The molecule has 1 aliphatic carbocycles. The Labute approximate surface area is 121 Å². The summed E-state index contributed by atoms with van der Waals surface area (Å²) in [5, 5.41) is 0. The number of benzene rings is 1. The van der Waals surface area contributed by atoms with Crippen molar-refractivity contribution in [2.75, 3.05) is 20.0 Å². The third-order valence-electron chi connectivity index (χ3n) is 4.36. The zero-order valence-electron chi connectivity index (χ0n) is 12.8. The van der Waals surface area contributed by atoms with Crippen LogP contribution in [-0.2, 0) is 0 Å². The van der Waals surface area contributed by atoms with E-state index in [-0.39, 0.29) is 6.10 Å². The van der Waals surface area contributed by atoms with Crippen molar-refractivity contribution in [3.05, 3.63) is 12.1 Å². The SMILES string of the molecule is COc1cc(N)c(OC2CCC(C)C(C)C2)cc1OC. The summed E-state index contributed by atoms with van der Waals surface area (Å²) in [5.41, 5.74) is 6.63. The van der Waals surface area contributed by atoms with Crippen molar-refractivity contribution in [3.63, 3.8) is 0 Å². The van der Waals surface area contributed by atoms with Crippen LogP contribution in [0.25, 0.3) is 0 Å². The van der Waals surface area contributed by atoms with Crippen LogP contribution in [0.4, 0.5) is 5.69 Å². The van der Waals surface area contributed by atoms with Gasteiger partial charge >= 0.3 is 0 Å². The largest absolute Gasteiger partial charge is 0.493 e. The summed E-state index contributed by atoms with van der Waals surface area (Å²) < 4.78 is 16.6. The van der Waals surface area contributed by atoms with E-state index in [2.05, 4.69) is 13.8 Å². The second kappa shape index (κ2) is 6.25. The summed E-state index contributed by atoms with van der Waals surface area (Å²) in [7, 11) is 3.21.